The SMILES string of the molecule is NC1(Cc2ccc(Cl)c(F)c2)CCc2cc(F)ccc21. The van der Waals surface area contributed by atoms with Crippen molar-refractivity contribution in [2.24, 2.45) is 5.73 Å². The van der Waals surface area contributed by atoms with Crippen LogP contribution in [-0.4, -0.2) is 0 Å². The molecule has 0 saturated carbocycles. The number of benzene rings is 2. The second-order valence-electron chi connectivity index (χ2n) is 5.38. The zero-order valence-corrected chi connectivity index (χ0v) is 11.6. The molecule has 0 heterocycles. The van der Waals surface area contributed by atoms with Crippen LogP contribution in [0.3, 0.4) is 0 Å². The number of nitrogens with two attached hydrogens (primary N) is 1. The number of aryl methyl sites for hydroxylation is 1. The van der Waals surface area contributed by atoms with Gasteiger partial charge in [0.1, 0.15) is 11.6 Å². The maximum Gasteiger partial charge on any atom is 0.142 e. The summed E-state index contributed by atoms with van der Waals surface area (Å²) in [4.78, 5) is 0. The first-order valence-electron chi connectivity index (χ1n) is 6.50. The van der Waals surface area contributed by atoms with Gasteiger partial charge in [-0.15, -0.1) is 0 Å². The van der Waals surface area contributed by atoms with Gasteiger partial charge in [-0.2, -0.15) is 0 Å². The zero-order valence-electron chi connectivity index (χ0n) is 10.8. The molecular formula is C16H14ClF2N. The summed E-state index contributed by atoms with van der Waals surface area (Å²) < 4.78 is 26.7. The Morgan fingerprint density at radius 2 is 1.95 bits per heavy atom. The summed E-state index contributed by atoms with van der Waals surface area (Å²) in [7, 11) is 0. The molecule has 0 saturated heterocycles. The molecule has 2 aromatic carbocycles. The van der Waals surface area contributed by atoms with E-state index in [2.05, 4.69) is 0 Å². The van der Waals surface area contributed by atoms with Crippen molar-refractivity contribution in [3.63, 3.8) is 0 Å². The Labute approximate surface area is 121 Å². The molecule has 0 spiro atoms. The van der Waals surface area contributed by atoms with Gasteiger partial charge in [0.2, 0.25) is 0 Å². The predicted octanol–water partition coefficient (Wildman–Crippen LogP) is 3.96. The molecule has 0 aromatic heterocycles. The first-order chi connectivity index (χ1) is 9.48. The van der Waals surface area contributed by atoms with E-state index in [1.807, 2.05) is 0 Å². The van der Waals surface area contributed by atoms with E-state index in [1.165, 1.54) is 24.3 Å². The Morgan fingerprint density at radius 3 is 2.70 bits per heavy atom. The van der Waals surface area contributed by atoms with E-state index in [-0.39, 0.29) is 10.8 Å². The lowest BCUT2D eigenvalue weighted by Gasteiger charge is -2.25. The van der Waals surface area contributed by atoms with Crippen LogP contribution >= 0.6 is 11.6 Å². The van der Waals surface area contributed by atoms with Gasteiger partial charge < -0.3 is 5.73 Å². The second-order valence-corrected chi connectivity index (χ2v) is 5.79. The maximum absolute atomic E-state index is 13.5. The van der Waals surface area contributed by atoms with Gasteiger partial charge in [-0.25, -0.2) is 8.78 Å². The average Bonchev–Trinajstić information content (AvgIpc) is 2.71. The summed E-state index contributed by atoms with van der Waals surface area (Å²) in [6, 6.07) is 9.43. The molecule has 104 valence electrons. The smallest absolute Gasteiger partial charge is 0.142 e. The highest BCUT2D eigenvalue weighted by Gasteiger charge is 2.35. The minimum atomic E-state index is -0.566. The third-order valence-electron chi connectivity index (χ3n) is 3.95. The van der Waals surface area contributed by atoms with E-state index in [0.29, 0.717) is 6.42 Å². The standard InChI is InChI=1S/C16H14ClF2N/c17-14-4-1-10(7-15(14)19)9-16(20)6-5-11-8-12(18)2-3-13(11)16/h1-4,7-8H,5-6,9,20H2. The molecule has 2 N–H and O–H groups in total. The van der Waals surface area contributed by atoms with Gasteiger partial charge in [0, 0.05) is 5.54 Å². The van der Waals surface area contributed by atoms with E-state index < -0.39 is 11.4 Å². The van der Waals surface area contributed by atoms with E-state index >= 15 is 0 Å². The zero-order chi connectivity index (χ0) is 14.3. The fraction of sp³-hybridized carbons (Fsp3) is 0.250. The van der Waals surface area contributed by atoms with Gasteiger partial charge in [0.25, 0.3) is 0 Å². The highest BCUT2D eigenvalue weighted by Crippen LogP contribution is 2.38. The minimum absolute atomic E-state index is 0.105. The van der Waals surface area contributed by atoms with Crippen molar-refractivity contribution in [3.8, 4) is 0 Å². The third-order valence-corrected chi connectivity index (χ3v) is 4.25. The second kappa shape index (κ2) is 4.83. The largest absolute Gasteiger partial charge is 0.321 e. The Kier molecular flexibility index (Phi) is 3.27. The molecule has 1 unspecified atom stereocenters. The van der Waals surface area contributed by atoms with Crippen LogP contribution in [0.25, 0.3) is 0 Å². The van der Waals surface area contributed by atoms with E-state index in [4.69, 9.17) is 17.3 Å². The minimum Gasteiger partial charge on any atom is -0.321 e. The fourth-order valence-corrected chi connectivity index (χ4v) is 3.06. The van der Waals surface area contributed by atoms with Gasteiger partial charge >= 0.3 is 0 Å². The molecule has 0 radical (unpaired) electrons. The van der Waals surface area contributed by atoms with Crippen molar-refractivity contribution < 1.29 is 8.78 Å². The highest BCUT2D eigenvalue weighted by molar-refractivity contribution is 6.30. The van der Waals surface area contributed by atoms with Crippen LogP contribution in [0.2, 0.25) is 5.02 Å². The summed E-state index contributed by atoms with van der Waals surface area (Å²) in [5.41, 5.74) is 8.59. The van der Waals surface area contributed by atoms with E-state index in [0.717, 1.165) is 29.5 Å². The van der Waals surface area contributed by atoms with Crippen LogP contribution in [0.4, 0.5) is 8.78 Å². The average molecular weight is 294 g/mol. The van der Waals surface area contributed by atoms with Crippen LogP contribution < -0.4 is 5.73 Å². The molecule has 1 aliphatic rings. The molecular weight excluding hydrogens is 280 g/mol. The lowest BCUT2D eigenvalue weighted by molar-refractivity contribution is 0.438. The van der Waals surface area contributed by atoms with Crippen molar-refractivity contribution in [3.05, 3.63) is 69.7 Å². The van der Waals surface area contributed by atoms with Crippen molar-refractivity contribution in [1.29, 1.82) is 0 Å². The normalized spacial score (nSPS) is 21.0. The highest BCUT2D eigenvalue weighted by atomic mass is 35.5. The van der Waals surface area contributed by atoms with Crippen molar-refractivity contribution in [2.75, 3.05) is 0 Å². The molecule has 20 heavy (non-hydrogen) atoms. The Hall–Kier alpha value is -1.45. The van der Waals surface area contributed by atoms with Gasteiger partial charge in [-0.1, -0.05) is 23.7 Å². The summed E-state index contributed by atoms with van der Waals surface area (Å²) >= 11 is 5.68. The lowest BCUT2D eigenvalue weighted by Crippen LogP contribution is -2.36. The Bertz CT molecular complexity index is 672. The quantitative estimate of drug-likeness (QED) is 0.891. The van der Waals surface area contributed by atoms with Gasteiger partial charge in [-0.3, -0.25) is 0 Å². The summed E-state index contributed by atoms with van der Waals surface area (Å²) in [6.45, 7) is 0. The first-order valence-corrected chi connectivity index (χ1v) is 6.87. The Morgan fingerprint density at radius 1 is 1.15 bits per heavy atom. The van der Waals surface area contributed by atoms with Gasteiger partial charge in [0.05, 0.1) is 5.02 Å². The van der Waals surface area contributed by atoms with Crippen LogP contribution in [0.5, 0.6) is 0 Å². The van der Waals surface area contributed by atoms with Gasteiger partial charge in [0.15, 0.2) is 0 Å². The van der Waals surface area contributed by atoms with Gasteiger partial charge in [-0.05, 0) is 60.2 Å². The number of rotatable bonds is 2. The number of hydrogen-bond donors (Lipinski definition) is 1. The van der Waals surface area contributed by atoms with Crippen LogP contribution in [-0.2, 0) is 18.4 Å². The molecule has 0 amide bonds. The molecule has 0 fully saturated rings. The molecule has 1 aliphatic carbocycles. The lowest BCUT2D eigenvalue weighted by atomic mass is 9.86. The van der Waals surface area contributed by atoms with Crippen LogP contribution in [0, 0.1) is 11.6 Å². The molecule has 4 heteroatoms. The third kappa shape index (κ3) is 2.32. The fourth-order valence-electron chi connectivity index (χ4n) is 2.94. The number of hydrogen-bond acceptors (Lipinski definition) is 1. The summed E-state index contributed by atoms with van der Waals surface area (Å²) in [6.07, 6.45) is 2.00. The molecule has 0 bridgehead atoms. The molecule has 1 nitrogen and oxygen atoms in total. The van der Waals surface area contributed by atoms with E-state index in [9.17, 15) is 8.78 Å². The van der Waals surface area contributed by atoms with Crippen molar-refractivity contribution >= 4 is 11.6 Å². The molecule has 2 aromatic rings. The number of fused-ring (bicyclic) bond motifs is 1. The maximum atomic E-state index is 13.5. The van der Waals surface area contributed by atoms with Crippen molar-refractivity contribution in [2.45, 2.75) is 24.8 Å². The Balaban J connectivity index is 1.93. The van der Waals surface area contributed by atoms with Crippen molar-refractivity contribution in [1.82, 2.24) is 0 Å². The first kappa shape index (κ1) is 13.5. The summed E-state index contributed by atoms with van der Waals surface area (Å²) in [5.74, 6) is -0.685. The summed E-state index contributed by atoms with van der Waals surface area (Å²) in [5, 5.41) is 0.105. The molecule has 0 aliphatic heterocycles. The topological polar surface area (TPSA) is 26.0 Å². The number of halogens is 3. The van der Waals surface area contributed by atoms with Crippen LogP contribution in [0.15, 0.2) is 36.4 Å². The monoisotopic (exact) mass is 293 g/mol. The molecule has 1 atom stereocenters. The van der Waals surface area contributed by atoms with Crippen LogP contribution in [0.1, 0.15) is 23.1 Å². The molecule has 3 rings (SSSR count). The predicted molar refractivity (Wildman–Crippen MR) is 75.7 cm³/mol. The van der Waals surface area contributed by atoms with E-state index in [1.54, 1.807) is 12.1 Å².